The molecular formula is C23H19NO. The highest BCUT2D eigenvalue weighted by atomic mass is 16.5. The van der Waals surface area contributed by atoms with Crippen LogP contribution in [0.1, 0.15) is 27.8 Å². The van der Waals surface area contributed by atoms with E-state index in [0.717, 1.165) is 33.5 Å². The Bertz CT molecular complexity index is 966. The van der Waals surface area contributed by atoms with Crippen LogP contribution in [0.2, 0.25) is 0 Å². The smallest absolute Gasteiger partial charge is 0.221 e. The quantitative estimate of drug-likeness (QED) is 0.625. The third kappa shape index (κ3) is 2.76. The average Bonchev–Trinajstić information content (AvgIpc) is 3.03. The predicted octanol–water partition coefficient (Wildman–Crippen LogP) is 5.32. The van der Waals surface area contributed by atoms with E-state index >= 15 is 0 Å². The predicted molar refractivity (Wildman–Crippen MR) is 104 cm³/mol. The molecule has 122 valence electrons. The highest BCUT2D eigenvalue weighted by Crippen LogP contribution is 2.38. The first kappa shape index (κ1) is 15.4. The van der Waals surface area contributed by atoms with Crippen LogP contribution in [0.25, 0.3) is 11.3 Å². The molecule has 1 aliphatic rings. The van der Waals surface area contributed by atoms with Gasteiger partial charge in [0.05, 0.1) is 12.8 Å². The first-order chi connectivity index (χ1) is 12.3. The Morgan fingerprint density at radius 3 is 2.00 bits per heavy atom. The van der Waals surface area contributed by atoms with Crippen LogP contribution in [0.4, 0.5) is 0 Å². The maximum atomic E-state index is 5.52. The van der Waals surface area contributed by atoms with E-state index < -0.39 is 0 Å². The Balaban J connectivity index is 2.03. The summed E-state index contributed by atoms with van der Waals surface area (Å²) < 4.78 is 5.52. The van der Waals surface area contributed by atoms with Crippen LogP contribution in [0.15, 0.2) is 83.9 Å². The Hall–Kier alpha value is -3.13. The van der Waals surface area contributed by atoms with Crippen molar-refractivity contribution in [2.24, 2.45) is 4.99 Å². The lowest BCUT2D eigenvalue weighted by molar-refractivity contribution is 0.406. The second kappa shape index (κ2) is 6.40. The van der Waals surface area contributed by atoms with Crippen LogP contribution in [0.3, 0.4) is 0 Å². The zero-order valence-electron chi connectivity index (χ0n) is 14.4. The van der Waals surface area contributed by atoms with Crippen LogP contribution in [-0.4, -0.2) is 13.0 Å². The normalized spacial score (nSPS) is 14.7. The van der Waals surface area contributed by atoms with Gasteiger partial charge in [-0.15, -0.1) is 0 Å². The van der Waals surface area contributed by atoms with E-state index in [1.807, 2.05) is 18.2 Å². The van der Waals surface area contributed by atoms with Gasteiger partial charge in [0, 0.05) is 16.7 Å². The van der Waals surface area contributed by atoms with E-state index in [2.05, 4.69) is 67.6 Å². The fourth-order valence-corrected chi connectivity index (χ4v) is 3.21. The van der Waals surface area contributed by atoms with Crippen molar-refractivity contribution in [1.82, 2.24) is 0 Å². The minimum absolute atomic E-state index is 0.672. The molecule has 0 spiro atoms. The van der Waals surface area contributed by atoms with Gasteiger partial charge in [-0.05, 0) is 24.1 Å². The lowest BCUT2D eigenvalue weighted by Gasteiger charge is -2.12. The lowest BCUT2D eigenvalue weighted by Crippen LogP contribution is -1.99. The van der Waals surface area contributed by atoms with E-state index in [9.17, 15) is 0 Å². The number of fused-ring (bicyclic) bond motifs is 1. The van der Waals surface area contributed by atoms with Gasteiger partial charge in [-0.1, -0.05) is 78.4 Å². The van der Waals surface area contributed by atoms with Gasteiger partial charge in [0.2, 0.25) is 5.90 Å². The number of hydrogen-bond acceptors (Lipinski definition) is 2. The average molecular weight is 325 g/mol. The van der Waals surface area contributed by atoms with Gasteiger partial charge in [0.25, 0.3) is 0 Å². The summed E-state index contributed by atoms with van der Waals surface area (Å²) in [4.78, 5) is 4.82. The Labute approximate surface area is 148 Å². The molecule has 0 bridgehead atoms. The van der Waals surface area contributed by atoms with E-state index in [4.69, 9.17) is 9.73 Å². The minimum atomic E-state index is 0.672. The molecule has 1 aliphatic heterocycles. The minimum Gasteiger partial charge on any atom is -0.481 e. The summed E-state index contributed by atoms with van der Waals surface area (Å²) in [5.74, 6) is 0.672. The standard InChI is InChI=1S/C23H19NO/c1-16-12-14-18(15-13-16)21(17-8-4-3-5-9-17)22-19-10-6-7-11-20(19)23(24-22)25-2/h3-15H,1-2H3/b22-21-. The molecule has 0 radical (unpaired) electrons. The van der Waals surface area contributed by atoms with E-state index in [0.29, 0.717) is 5.90 Å². The van der Waals surface area contributed by atoms with Gasteiger partial charge < -0.3 is 4.74 Å². The number of hydrogen-bond donors (Lipinski definition) is 0. The molecule has 0 amide bonds. The third-order valence-electron chi connectivity index (χ3n) is 4.46. The van der Waals surface area contributed by atoms with Gasteiger partial charge >= 0.3 is 0 Å². The molecule has 0 fully saturated rings. The molecule has 2 heteroatoms. The Kier molecular flexibility index (Phi) is 3.95. The number of aryl methyl sites for hydroxylation is 1. The molecule has 0 saturated carbocycles. The second-order valence-electron chi connectivity index (χ2n) is 6.12. The summed E-state index contributed by atoms with van der Waals surface area (Å²) in [6.45, 7) is 2.10. The molecule has 0 aliphatic carbocycles. The molecule has 4 rings (SSSR count). The molecule has 2 nitrogen and oxygen atoms in total. The fraction of sp³-hybridized carbons (Fsp3) is 0.0870. The number of methoxy groups -OCH3 is 1. The summed E-state index contributed by atoms with van der Waals surface area (Å²) in [5.41, 5.74) is 7.79. The summed E-state index contributed by atoms with van der Waals surface area (Å²) >= 11 is 0. The van der Waals surface area contributed by atoms with Crippen LogP contribution >= 0.6 is 0 Å². The molecular weight excluding hydrogens is 306 g/mol. The maximum absolute atomic E-state index is 5.52. The third-order valence-corrected chi connectivity index (χ3v) is 4.46. The highest BCUT2D eigenvalue weighted by molar-refractivity contribution is 6.13. The van der Waals surface area contributed by atoms with Crippen molar-refractivity contribution in [2.45, 2.75) is 6.92 Å². The molecule has 1 heterocycles. The number of nitrogens with zero attached hydrogens (tertiary/aromatic N) is 1. The van der Waals surface area contributed by atoms with Crippen molar-refractivity contribution < 1.29 is 4.74 Å². The van der Waals surface area contributed by atoms with Gasteiger partial charge in [-0.2, -0.15) is 0 Å². The molecule has 0 unspecified atom stereocenters. The van der Waals surface area contributed by atoms with Gasteiger partial charge in [-0.3, -0.25) is 0 Å². The van der Waals surface area contributed by atoms with Crippen molar-refractivity contribution in [2.75, 3.05) is 7.11 Å². The number of ether oxygens (including phenoxy) is 1. The molecule has 0 atom stereocenters. The van der Waals surface area contributed by atoms with Crippen molar-refractivity contribution in [1.29, 1.82) is 0 Å². The summed E-state index contributed by atoms with van der Waals surface area (Å²) in [7, 11) is 1.67. The number of benzene rings is 3. The van der Waals surface area contributed by atoms with Crippen molar-refractivity contribution in [3.63, 3.8) is 0 Å². The van der Waals surface area contributed by atoms with E-state index in [-0.39, 0.29) is 0 Å². The van der Waals surface area contributed by atoms with Gasteiger partial charge in [0.15, 0.2) is 0 Å². The van der Waals surface area contributed by atoms with Crippen LogP contribution in [0.5, 0.6) is 0 Å². The first-order valence-corrected chi connectivity index (χ1v) is 8.37. The maximum Gasteiger partial charge on any atom is 0.221 e. The zero-order valence-corrected chi connectivity index (χ0v) is 14.4. The molecule has 3 aromatic rings. The molecule has 0 aromatic heterocycles. The number of rotatable bonds is 2. The monoisotopic (exact) mass is 325 g/mol. The van der Waals surface area contributed by atoms with Crippen molar-refractivity contribution >= 4 is 17.2 Å². The Morgan fingerprint density at radius 2 is 1.32 bits per heavy atom. The molecule has 25 heavy (non-hydrogen) atoms. The number of aliphatic imine (C=N–C) groups is 1. The van der Waals surface area contributed by atoms with Crippen LogP contribution in [-0.2, 0) is 4.74 Å². The van der Waals surface area contributed by atoms with Gasteiger partial charge in [-0.25, -0.2) is 4.99 Å². The topological polar surface area (TPSA) is 21.6 Å². The molecule has 3 aromatic carbocycles. The molecule has 0 saturated heterocycles. The van der Waals surface area contributed by atoms with Crippen LogP contribution in [0, 0.1) is 6.92 Å². The van der Waals surface area contributed by atoms with Gasteiger partial charge in [0.1, 0.15) is 0 Å². The fourth-order valence-electron chi connectivity index (χ4n) is 3.21. The summed E-state index contributed by atoms with van der Waals surface area (Å²) in [6.07, 6.45) is 0. The SMILES string of the molecule is COC1=N/C(=C(/c2ccccc2)c2ccc(C)cc2)c2ccccc21. The highest BCUT2D eigenvalue weighted by Gasteiger charge is 2.24. The first-order valence-electron chi connectivity index (χ1n) is 8.37. The summed E-state index contributed by atoms with van der Waals surface area (Å²) in [5, 5.41) is 0. The van der Waals surface area contributed by atoms with E-state index in [1.54, 1.807) is 7.11 Å². The lowest BCUT2D eigenvalue weighted by atomic mass is 9.92. The van der Waals surface area contributed by atoms with Crippen molar-refractivity contribution in [3.8, 4) is 0 Å². The largest absolute Gasteiger partial charge is 0.481 e. The molecule has 0 N–H and O–H groups in total. The van der Waals surface area contributed by atoms with Crippen molar-refractivity contribution in [3.05, 3.63) is 107 Å². The zero-order chi connectivity index (χ0) is 17.2. The summed E-state index contributed by atoms with van der Waals surface area (Å²) in [6, 6.07) is 27.2. The van der Waals surface area contributed by atoms with E-state index in [1.165, 1.54) is 5.56 Å². The second-order valence-corrected chi connectivity index (χ2v) is 6.12. The van der Waals surface area contributed by atoms with Crippen LogP contribution < -0.4 is 0 Å². The Morgan fingerprint density at radius 1 is 0.720 bits per heavy atom.